The lowest BCUT2D eigenvalue weighted by Crippen LogP contribution is -2.66. The van der Waals surface area contributed by atoms with Crippen LogP contribution in [0.3, 0.4) is 0 Å². The minimum Gasteiger partial charge on any atom is -0.292 e. The number of rotatable bonds is 10. The van der Waals surface area contributed by atoms with E-state index in [0.29, 0.717) is 6.92 Å². The van der Waals surface area contributed by atoms with Crippen molar-refractivity contribution in [3.05, 3.63) is 0 Å². The molecule has 0 aromatic rings. The molecule has 1 saturated heterocycles. The summed E-state index contributed by atoms with van der Waals surface area (Å²) in [6, 6.07) is 0. The number of alkyl halides is 16. The molecule has 0 bridgehead atoms. The van der Waals surface area contributed by atoms with Gasteiger partial charge >= 0.3 is 56.6 Å². The highest BCUT2D eigenvalue weighted by atomic mass is 31.1. The van der Waals surface area contributed by atoms with Crippen LogP contribution in [0.25, 0.3) is 0 Å². The fourth-order valence-corrected chi connectivity index (χ4v) is 3.40. The van der Waals surface area contributed by atoms with Crippen LogP contribution in [0.1, 0.15) is 32.6 Å². The summed E-state index contributed by atoms with van der Waals surface area (Å²) in [5.74, 6) is -38.7. The smallest absolute Gasteiger partial charge is 0.292 e. The van der Waals surface area contributed by atoms with Crippen molar-refractivity contribution in [2.24, 2.45) is 0 Å². The highest BCUT2D eigenvalue weighted by molar-refractivity contribution is 7.30. The largest absolute Gasteiger partial charge is 0.692 e. The predicted octanol–water partition coefficient (Wildman–Crippen LogP) is 6.59. The molecule has 1 rings (SSSR count). The van der Waals surface area contributed by atoms with Gasteiger partial charge in [0.1, 0.15) is 0 Å². The lowest BCUT2D eigenvalue weighted by molar-refractivity contribution is -0.350. The Kier molecular flexibility index (Phi) is 11.2. The molecule has 0 aromatic carbocycles. The number of likely N-dealkylation sites (tertiary alicyclic amines) is 1. The minimum absolute atomic E-state index is 0.129. The Balaban J connectivity index is 0.00000300. The molecule has 4 nitrogen and oxygen atoms in total. The molecule has 0 aromatic heterocycles. The summed E-state index contributed by atoms with van der Waals surface area (Å²) in [4.78, 5) is 14.1. The third-order valence-electron chi connectivity index (χ3n) is 5.45. The molecule has 0 amide bonds. The lowest BCUT2D eigenvalue weighted by atomic mass is 9.80. The molecular weight excluding hydrogens is 589 g/mol. The minimum atomic E-state index is -6.73. The van der Waals surface area contributed by atoms with E-state index in [1.165, 1.54) is 0 Å². The van der Waals surface area contributed by atoms with Gasteiger partial charge in [0.05, 0.1) is 6.54 Å². The Bertz CT molecular complexity index is 777. The van der Waals surface area contributed by atoms with E-state index in [4.69, 9.17) is 14.4 Å². The summed E-state index contributed by atoms with van der Waals surface area (Å²) in [6.07, 6.45) is -14.4. The lowest BCUT2D eigenvalue weighted by Gasteiger charge is -2.49. The first-order valence-electron chi connectivity index (χ1n) is 9.57. The van der Waals surface area contributed by atoms with E-state index in [1.807, 2.05) is 0 Å². The van der Waals surface area contributed by atoms with Gasteiger partial charge in [0.25, 0.3) is 0 Å². The quantitative estimate of drug-likeness (QED) is 0.217. The monoisotopic (exact) mass is 608 g/mol. The maximum Gasteiger partial charge on any atom is 0.692 e. The topological polar surface area (TPSA) is 60.8 Å². The third kappa shape index (κ3) is 7.29. The number of hydrogen-bond donors (Lipinski definition) is 2. The molecule has 2 N–H and O–H groups in total. The average Bonchev–Trinajstić information content (AvgIpc) is 2.67. The van der Waals surface area contributed by atoms with Crippen molar-refractivity contribution >= 4 is 8.25 Å². The molecule has 1 heterocycles. The SMILES string of the molecule is CC1(CC(F)(F)C(F)(F)C(F)(F)C(F)F)CCCCN1CC(F)(F)C(F)(F)C(F)(F)C(F)F.O=[P+](O)O. The molecule has 1 unspecified atom stereocenters. The highest BCUT2D eigenvalue weighted by Crippen LogP contribution is 2.54. The van der Waals surface area contributed by atoms with Crippen molar-refractivity contribution in [2.75, 3.05) is 13.1 Å². The Morgan fingerprint density at radius 2 is 1.11 bits per heavy atom. The van der Waals surface area contributed by atoms with Gasteiger partial charge in [-0.2, -0.15) is 52.7 Å². The van der Waals surface area contributed by atoms with Gasteiger partial charge in [0, 0.05) is 16.5 Å². The summed E-state index contributed by atoms with van der Waals surface area (Å²) in [7, 11) is -2.87. The van der Waals surface area contributed by atoms with Crippen LogP contribution in [0.5, 0.6) is 0 Å². The van der Waals surface area contributed by atoms with Crippen LogP contribution >= 0.6 is 8.25 Å². The fraction of sp³-hybridized carbons (Fsp3) is 1.00. The maximum atomic E-state index is 14.1. The van der Waals surface area contributed by atoms with Crippen LogP contribution in [0.4, 0.5) is 70.2 Å². The first kappa shape index (κ1) is 35.9. The van der Waals surface area contributed by atoms with Crippen LogP contribution in [0.2, 0.25) is 0 Å². The molecule has 222 valence electrons. The second-order valence-corrected chi connectivity index (χ2v) is 8.72. The summed E-state index contributed by atoms with van der Waals surface area (Å²) in [5.41, 5.74) is -2.79. The molecule has 21 heteroatoms. The highest BCUT2D eigenvalue weighted by Gasteiger charge is 2.77. The molecule has 0 aliphatic carbocycles. The molecule has 1 aliphatic rings. The first-order chi connectivity index (χ1) is 16.1. The molecular formula is C16H19F16NO3P+. The van der Waals surface area contributed by atoms with E-state index >= 15 is 0 Å². The van der Waals surface area contributed by atoms with Gasteiger partial charge in [-0.25, -0.2) is 17.6 Å². The molecule has 0 saturated carbocycles. The zero-order valence-electron chi connectivity index (χ0n) is 18.1. The van der Waals surface area contributed by atoms with E-state index in [2.05, 4.69) is 0 Å². The molecule has 1 atom stereocenters. The van der Waals surface area contributed by atoms with Crippen LogP contribution in [-0.2, 0) is 4.57 Å². The third-order valence-corrected chi connectivity index (χ3v) is 5.45. The summed E-state index contributed by atoms with van der Waals surface area (Å²) in [5, 5.41) is 0. The van der Waals surface area contributed by atoms with Gasteiger partial charge in [0.15, 0.2) is 0 Å². The zero-order valence-corrected chi connectivity index (χ0v) is 19.0. The summed E-state index contributed by atoms with van der Waals surface area (Å²) < 4.78 is 220. The van der Waals surface area contributed by atoms with Gasteiger partial charge in [-0.3, -0.25) is 4.90 Å². The molecule has 1 fully saturated rings. The number of piperidine rings is 1. The van der Waals surface area contributed by atoms with E-state index in [0.717, 1.165) is 0 Å². The van der Waals surface area contributed by atoms with Crippen molar-refractivity contribution in [1.82, 2.24) is 4.90 Å². The van der Waals surface area contributed by atoms with Gasteiger partial charge in [0.2, 0.25) is 0 Å². The van der Waals surface area contributed by atoms with Gasteiger partial charge in [-0.15, -0.1) is 9.79 Å². The Morgan fingerprint density at radius 1 is 0.757 bits per heavy atom. The number of halogens is 16. The molecule has 0 radical (unpaired) electrons. The number of nitrogens with zero attached hydrogens (tertiary/aromatic N) is 1. The molecule has 0 spiro atoms. The summed E-state index contributed by atoms with van der Waals surface area (Å²) >= 11 is 0. The van der Waals surface area contributed by atoms with Crippen molar-refractivity contribution in [2.45, 2.75) is 86.5 Å². The number of hydrogen-bond acceptors (Lipinski definition) is 2. The van der Waals surface area contributed by atoms with Gasteiger partial charge in [-0.1, -0.05) is 6.42 Å². The second-order valence-electron chi connectivity index (χ2n) is 8.21. The van der Waals surface area contributed by atoms with E-state index in [9.17, 15) is 70.2 Å². The Hall–Kier alpha value is -1.14. The van der Waals surface area contributed by atoms with Crippen molar-refractivity contribution in [3.63, 3.8) is 0 Å². The fourth-order valence-electron chi connectivity index (χ4n) is 3.40. The second kappa shape index (κ2) is 11.5. The van der Waals surface area contributed by atoms with E-state index in [1.54, 1.807) is 0 Å². The van der Waals surface area contributed by atoms with E-state index in [-0.39, 0.29) is 17.7 Å². The standard InChI is InChI=1S/C16H17F16N.HO3P/c1-10(6-11(21,22)15(29,30)13(25,26)8(17)18)4-2-3-5-33(10)7-12(23,24)16(31,32)14(27,28)9(19)20;1-4(2)3/h8-9H,2-7H2,1H3;(H-,1,2,3)/p+1. The average molecular weight is 608 g/mol. The normalized spacial score (nSPS) is 21.2. The van der Waals surface area contributed by atoms with Gasteiger partial charge in [-0.05, 0) is 26.3 Å². The van der Waals surface area contributed by atoms with Crippen LogP contribution < -0.4 is 0 Å². The molecule has 1 aliphatic heterocycles. The van der Waals surface area contributed by atoms with Crippen molar-refractivity contribution in [1.29, 1.82) is 0 Å². The summed E-state index contributed by atoms with van der Waals surface area (Å²) in [6.45, 7) is -3.09. The van der Waals surface area contributed by atoms with Crippen LogP contribution in [-0.4, -0.2) is 81.7 Å². The Labute approximate surface area is 198 Å². The van der Waals surface area contributed by atoms with Crippen LogP contribution in [0, 0.1) is 0 Å². The van der Waals surface area contributed by atoms with Crippen LogP contribution in [0.15, 0.2) is 0 Å². The predicted molar refractivity (Wildman–Crippen MR) is 92.2 cm³/mol. The van der Waals surface area contributed by atoms with Crippen molar-refractivity contribution in [3.8, 4) is 0 Å². The Morgan fingerprint density at radius 3 is 1.46 bits per heavy atom. The molecule has 37 heavy (non-hydrogen) atoms. The zero-order chi connectivity index (χ0) is 30.1. The maximum absolute atomic E-state index is 14.1. The van der Waals surface area contributed by atoms with Crippen molar-refractivity contribution < 1.29 is 84.6 Å². The van der Waals surface area contributed by atoms with E-state index < -0.39 is 88.1 Å². The first-order valence-corrected chi connectivity index (χ1v) is 10.7. The van der Waals surface area contributed by atoms with Gasteiger partial charge < -0.3 is 0 Å².